The van der Waals surface area contributed by atoms with Gasteiger partial charge in [0, 0.05) is 13.2 Å². The lowest BCUT2D eigenvalue weighted by Crippen LogP contribution is -2.38. The number of aliphatic hydroxyl groups is 1. The van der Waals surface area contributed by atoms with Crippen LogP contribution in [0.5, 0.6) is 0 Å². The van der Waals surface area contributed by atoms with Crippen LogP contribution < -0.4 is 4.72 Å². The highest BCUT2D eigenvalue weighted by Crippen LogP contribution is 2.29. The maximum absolute atomic E-state index is 11.3. The van der Waals surface area contributed by atoms with E-state index in [1.54, 1.807) is 6.92 Å². The predicted molar refractivity (Wildman–Crippen MR) is 62.2 cm³/mol. The third-order valence-electron chi connectivity index (χ3n) is 3.19. The molecule has 0 aromatic heterocycles. The summed E-state index contributed by atoms with van der Waals surface area (Å²) in [6.45, 7) is 6.21. The van der Waals surface area contributed by atoms with Crippen LogP contribution in [-0.4, -0.2) is 32.4 Å². The van der Waals surface area contributed by atoms with E-state index in [1.165, 1.54) is 0 Å². The quantitative estimate of drug-likeness (QED) is 0.664. The van der Waals surface area contributed by atoms with Gasteiger partial charge in [-0.15, -0.1) is 0 Å². The second-order valence-corrected chi connectivity index (χ2v) is 6.00. The Morgan fingerprint density at radius 1 is 1.20 bits per heavy atom. The van der Waals surface area contributed by atoms with Crippen LogP contribution in [0, 0.1) is 5.41 Å². The molecule has 0 bridgehead atoms. The van der Waals surface area contributed by atoms with Gasteiger partial charge >= 0.3 is 0 Å². The van der Waals surface area contributed by atoms with Gasteiger partial charge in [0.15, 0.2) is 0 Å². The van der Waals surface area contributed by atoms with Crippen molar-refractivity contribution < 1.29 is 13.5 Å². The zero-order chi connectivity index (χ0) is 11.9. The molecular weight excluding hydrogens is 214 g/mol. The maximum Gasteiger partial charge on any atom is 0.211 e. The molecule has 0 fully saturated rings. The minimum Gasteiger partial charge on any atom is -0.396 e. The molecule has 0 atom stereocenters. The molecule has 0 aliphatic carbocycles. The lowest BCUT2D eigenvalue weighted by atomic mass is 9.80. The highest BCUT2D eigenvalue weighted by atomic mass is 32.2. The van der Waals surface area contributed by atoms with E-state index in [0.717, 1.165) is 12.8 Å². The Morgan fingerprint density at radius 2 is 1.73 bits per heavy atom. The Labute approximate surface area is 93.1 Å². The Bertz CT molecular complexity index is 258. The second-order valence-electron chi connectivity index (χ2n) is 3.91. The molecule has 0 saturated carbocycles. The molecule has 15 heavy (non-hydrogen) atoms. The van der Waals surface area contributed by atoms with Crippen LogP contribution in [0.1, 0.15) is 40.0 Å². The van der Waals surface area contributed by atoms with E-state index >= 15 is 0 Å². The van der Waals surface area contributed by atoms with E-state index in [4.69, 9.17) is 5.11 Å². The number of nitrogens with one attached hydrogen (secondary N) is 1. The van der Waals surface area contributed by atoms with Crippen molar-refractivity contribution in [3.05, 3.63) is 0 Å². The van der Waals surface area contributed by atoms with Gasteiger partial charge < -0.3 is 5.11 Å². The van der Waals surface area contributed by atoms with Gasteiger partial charge in [-0.1, -0.05) is 13.8 Å². The van der Waals surface area contributed by atoms with E-state index in [9.17, 15) is 8.42 Å². The highest BCUT2D eigenvalue weighted by Gasteiger charge is 2.26. The molecule has 0 aromatic rings. The SMILES string of the molecule is CCC(CC)(CCO)CNS(=O)(=O)CC. The molecule has 0 amide bonds. The molecule has 0 unspecified atom stereocenters. The van der Waals surface area contributed by atoms with Gasteiger partial charge in [0.25, 0.3) is 0 Å². The molecular formula is C10H23NO3S. The minimum atomic E-state index is -3.12. The molecule has 0 aliphatic rings. The first kappa shape index (κ1) is 14.9. The third kappa shape index (κ3) is 4.95. The van der Waals surface area contributed by atoms with Crippen LogP contribution in [0.25, 0.3) is 0 Å². The van der Waals surface area contributed by atoms with E-state index in [0.29, 0.717) is 13.0 Å². The van der Waals surface area contributed by atoms with E-state index in [2.05, 4.69) is 4.72 Å². The fraction of sp³-hybridized carbons (Fsp3) is 1.00. The summed E-state index contributed by atoms with van der Waals surface area (Å²) >= 11 is 0. The zero-order valence-corrected chi connectivity index (χ0v) is 10.7. The van der Waals surface area contributed by atoms with Gasteiger partial charge in [0.05, 0.1) is 5.75 Å². The topological polar surface area (TPSA) is 66.4 Å². The number of hydrogen-bond donors (Lipinski definition) is 2. The molecule has 2 N–H and O–H groups in total. The van der Waals surface area contributed by atoms with Gasteiger partial charge in [-0.05, 0) is 31.6 Å². The Morgan fingerprint density at radius 3 is 2.07 bits per heavy atom. The van der Waals surface area contributed by atoms with Crippen molar-refractivity contribution in [1.82, 2.24) is 4.72 Å². The molecule has 0 radical (unpaired) electrons. The molecule has 92 valence electrons. The smallest absolute Gasteiger partial charge is 0.211 e. The van der Waals surface area contributed by atoms with Crippen molar-refractivity contribution in [1.29, 1.82) is 0 Å². The number of hydrogen-bond acceptors (Lipinski definition) is 3. The Balaban J connectivity index is 4.42. The van der Waals surface area contributed by atoms with Gasteiger partial charge in [-0.2, -0.15) is 0 Å². The normalized spacial score (nSPS) is 13.1. The summed E-state index contributed by atoms with van der Waals surface area (Å²) < 4.78 is 25.2. The first-order valence-corrected chi connectivity index (χ1v) is 7.18. The molecule has 0 aromatic carbocycles. The highest BCUT2D eigenvalue weighted by molar-refractivity contribution is 7.89. The molecule has 0 heterocycles. The zero-order valence-electron chi connectivity index (χ0n) is 9.91. The molecule has 0 spiro atoms. The van der Waals surface area contributed by atoms with Gasteiger partial charge in [0.1, 0.15) is 0 Å². The molecule has 0 saturated heterocycles. The predicted octanol–water partition coefficient (Wildman–Crippen LogP) is 1.11. The first-order chi connectivity index (χ1) is 6.95. The largest absolute Gasteiger partial charge is 0.396 e. The molecule has 0 aliphatic heterocycles. The summed E-state index contributed by atoms with van der Waals surface area (Å²) in [7, 11) is -3.12. The molecule has 4 nitrogen and oxygen atoms in total. The van der Waals surface area contributed by atoms with Crippen LogP contribution in [0.2, 0.25) is 0 Å². The van der Waals surface area contributed by atoms with Crippen LogP contribution in [0.15, 0.2) is 0 Å². The summed E-state index contributed by atoms with van der Waals surface area (Å²) in [6.07, 6.45) is 2.39. The average Bonchev–Trinajstić information content (AvgIpc) is 2.24. The Hall–Kier alpha value is -0.130. The summed E-state index contributed by atoms with van der Waals surface area (Å²) in [6, 6.07) is 0. The lowest BCUT2D eigenvalue weighted by Gasteiger charge is -2.31. The maximum atomic E-state index is 11.3. The summed E-state index contributed by atoms with van der Waals surface area (Å²) in [5, 5.41) is 8.97. The molecule has 5 heteroatoms. The second kappa shape index (κ2) is 6.45. The van der Waals surface area contributed by atoms with E-state index < -0.39 is 10.0 Å². The fourth-order valence-corrected chi connectivity index (χ4v) is 2.27. The van der Waals surface area contributed by atoms with Crippen molar-refractivity contribution in [2.24, 2.45) is 5.41 Å². The van der Waals surface area contributed by atoms with E-state index in [-0.39, 0.29) is 17.8 Å². The van der Waals surface area contributed by atoms with Crippen LogP contribution >= 0.6 is 0 Å². The van der Waals surface area contributed by atoms with Crippen LogP contribution in [0.3, 0.4) is 0 Å². The lowest BCUT2D eigenvalue weighted by molar-refractivity contribution is 0.170. The van der Waals surface area contributed by atoms with Gasteiger partial charge in [0.2, 0.25) is 10.0 Å². The van der Waals surface area contributed by atoms with Crippen molar-refractivity contribution in [2.75, 3.05) is 18.9 Å². The summed E-state index contributed by atoms with van der Waals surface area (Å²) in [4.78, 5) is 0. The van der Waals surface area contributed by atoms with Gasteiger partial charge in [-0.25, -0.2) is 13.1 Å². The summed E-state index contributed by atoms with van der Waals surface area (Å²) in [5.74, 6) is 0.107. The number of aliphatic hydroxyl groups excluding tert-OH is 1. The number of sulfonamides is 1. The summed E-state index contributed by atoms with van der Waals surface area (Å²) in [5.41, 5.74) is -0.100. The van der Waals surface area contributed by atoms with Gasteiger partial charge in [-0.3, -0.25) is 0 Å². The van der Waals surface area contributed by atoms with Crippen LogP contribution in [0.4, 0.5) is 0 Å². The van der Waals surface area contributed by atoms with Crippen LogP contribution in [-0.2, 0) is 10.0 Å². The van der Waals surface area contributed by atoms with Crippen molar-refractivity contribution in [2.45, 2.75) is 40.0 Å². The number of rotatable bonds is 8. The average molecular weight is 237 g/mol. The minimum absolute atomic E-state index is 0.100. The van der Waals surface area contributed by atoms with Crippen molar-refractivity contribution >= 4 is 10.0 Å². The van der Waals surface area contributed by atoms with E-state index in [1.807, 2.05) is 13.8 Å². The standard InChI is InChI=1S/C10H23NO3S/c1-4-10(5-2,7-8-12)9-11-15(13,14)6-3/h11-12H,4-9H2,1-3H3. The molecule has 0 rings (SSSR count). The fourth-order valence-electron chi connectivity index (χ4n) is 1.54. The van der Waals surface area contributed by atoms with Crippen molar-refractivity contribution in [3.63, 3.8) is 0 Å². The first-order valence-electron chi connectivity index (χ1n) is 5.53. The van der Waals surface area contributed by atoms with Crippen molar-refractivity contribution in [3.8, 4) is 0 Å². The third-order valence-corrected chi connectivity index (χ3v) is 4.53. The Kier molecular flexibility index (Phi) is 6.40. The monoisotopic (exact) mass is 237 g/mol.